The molecule has 7 heterocycles. The van der Waals surface area contributed by atoms with Gasteiger partial charge in [-0.3, -0.25) is 8.80 Å². The van der Waals surface area contributed by atoms with E-state index in [1.807, 2.05) is 25.1 Å². The van der Waals surface area contributed by atoms with Gasteiger partial charge in [0.05, 0.1) is 48.0 Å². The van der Waals surface area contributed by atoms with Gasteiger partial charge in [0.1, 0.15) is 17.1 Å². The van der Waals surface area contributed by atoms with E-state index in [2.05, 4.69) is 65.2 Å². The van der Waals surface area contributed by atoms with Crippen molar-refractivity contribution in [3.05, 3.63) is 120 Å². The maximum absolute atomic E-state index is 15.0. The van der Waals surface area contributed by atoms with E-state index in [1.54, 1.807) is 44.7 Å². The quantitative estimate of drug-likeness (QED) is 0.118. The number of aryl methyl sites for hydroxylation is 2. The van der Waals surface area contributed by atoms with Crippen molar-refractivity contribution in [2.24, 2.45) is 0 Å². The Bertz CT molecular complexity index is 2780. The van der Waals surface area contributed by atoms with Crippen molar-refractivity contribution in [1.82, 2.24) is 43.6 Å². The normalized spacial score (nSPS) is 13.1. The zero-order chi connectivity index (χ0) is 42.3. The van der Waals surface area contributed by atoms with E-state index in [9.17, 15) is 17.6 Å². The van der Waals surface area contributed by atoms with Crippen LogP contribution in [0.15, 0.2) is 68.3 Å². The van der Waals surface area contributed by atoms with E-state index in [-0.39, 0.29) is 45.0 Å². The number of hydrogen-bond donors (Lipinski definition) is 1. The van der Waals surface area contributed by atoms with E-state index >= 15 is 0 Å². The minimum Gasteiger partial charge on any atom is -0.494 e. The highest BCUT2D eigenvalue weighted by atomic mass is 35.5. The van der Waals surface area contributed by atoms with E-state index in [0.29, 0.717) is 34.2 Å². The van der Waals surface area contributed by atoms with Crippen LogP contribution in [0.25, 0.3) is 45.0 Å². The largest absolute Gasteiger partial charge is 0.494 e. The SMILES string of the molecule is C=C(C)c1c(C)nc2c(F)cc(-c3nc(Cl)ncc3F)cn12.C=C(C)c1c(C)nc2c(F)cc(-c3nc(Nc4ccc(N5CCN(C)CC5)cc4OC)ncc3F)cn12. The summed E-state index contributed by atoms with van der Waals surface area (Å²) >= 11 is 5.69. The average Bonchev–Trinajstić information content (AvgIpc) is 3.73. The number of nitrogens with zero attached hydrogens (tertiary/aromatic N) is 10. The van der Waals surface area contributed by atoms with Gasteiger partial charge < -0.3 is 19.9 Å². The number of anilines is 3. The van der Waals surface area contributed by atoms with Gasteiger partial charge in [-0.05, 0) is 81.8 Å². The summed E-state index contributed by atoms with van der Waals surface area (Å²) in [5.74, 6) is -1.75. The number of allylic oxidation sites excluding steroid dienone is 2. The predicted molar refractivity (Wildman–Crippen MR) is 222 cm³/mol. The van der Waals surface area contributed by atoms with Gasteiger partial charge in [-0.25, -0.2) is 47.5 Å². The molecule has 6 aromatic heterocycles. The van der Waals surface area contributed by atoms with Crippen LogP contribution in [0.2, 0.25) is 5.28 Å². The molecule has 0 bridgehead atoms. The fourth-order valence-electron chi connectivity index (χ4n) is 7.07. The van der Waals surface area contributed by atoms with Crippen LogP contribution in [-0.4, -0.2) is 83.9 Å². The summed E-state index contributed by atoms with van der Waals surface area (Å²) in [4.78, 5) is 28.9. The van der Waals surface area contributed by atoms with Gasteiger partial charge in [-0.2, -0.15) is 0 Å². The van der Waals surface area contributed by atoms with Gasteiger partial charge in [0.2, 0.25) is 11.2 Å². The van der Waals surface area contributed by atoms with Gasteiger partial charge in [0.25, 0.3) is 0 Å². The monoisotopic (exact) mass is 825 g/mol. The number of rotatable bonds is 8. The Hall–Kier alpha value is -6.39. The molecular formula is C42H40ClF4N11O. The number of likely N-dealkylation sites (N-methyl/N-ethyl adjacent to an activating group) is 1. The fourth-order valence-corrected chi connectivity index (χ4v) is 7.20. The van der Waals surface area contributed by atoms with Gasteiger partial charge in [0.15, 0.2) is 34.6 Å². The Morgan fingerprint density at radius 3 is 1.78 bits per heavy atom. The van der Waals surface area contributed by atoms with Crippen LogP contribution >= 0.6 is 11.6 Å². The number of ether oxygens (including phenoxy) is 1. The summed E-state index contributed by atoms with van der Waals surface area (Å²) in [6.45, 7) is 18.8. The van der Waals surface area contributed by atoms with Crippen LogP contribution in [0.4, 0.5) is 34.9 Å². The first kappa shape index (κ1) is 40.8. The van der Waals surface area contributed by atoms with Crippen molar-refractivity contribution < 1.29 is 22.3 Å². The molecule has 1 aliphatic heterocycles. The number of piperazine rings is 1. The minimum absolute atomic E-state index is 0.0367. The van der Waals surface area contributed by atoms with Gasteiger partial charge in [0, 0.05) is 61.5 Å². The van der Waals surface area contributed by atoms with E-state index < -0.39 is 23.3 Å². The number of imidazole rings is 2. The fraction of sp³-hybridized carbons (Fsp3) is 0.238. The lowest BCUT2D eigenvalue weighted by Gasteiger charge is -2.34. The predicted octanol–water partition coefficient (Wildman–Crippen LogP) is 8.98. The lowest BCUT2D eigenvalue weighted by molar-refractivity contribution is 0.312. The zero-order valence-electron chi connectivity index (χ0n) is 33.2. The first-order chi connectivity index (χ1) is 28.1. The van der Waals surface area contributed by atoms with Crippen LogP contribution in [0.5, 0.6) is 5.75 Å². The summed E-state index contributed by atoms with van der Waals surface area (Å²) in [7, 11) is 3.71. The van der Waals surface area contributed by atoms with E-state index in [0.717, 1.165) is 55.4 Å². The van der Waals surface area contributed by atoms with Gasteiger partial charge >= 0.3 is 0 Å². The number of aromatic nitrogens is 8. The molecule has 0 atom stereocenters. The minimum atomic E-state index is -0.683. The lowest BCUT2D eigenvalue weighted by Crippen LogP contribution is -2.44. The van der Waals surface area contributed by atoms with Gasteiger partial charge in [-0.1, -0.05) is 13.2 Å². The molecule has 1 fully saturated rings. The van der Waals surface area contributed by atoms with Crippen LogP contribution in [0.3, 0.4) is 0 Å². The Kier molecular flexibility index (Phi) is 11.4. The number of pyridine rings is 2. The van der Waals surface area contributed by atoms with Crippen LogP contribution < -0.4 is 15.0 Å². The Morgan fingerprint density at radius 1 is 0.729 bits per heavy atom. The van der Waals surface area contributed by atoms with Crippen molar-refractivity contribution in [2.75, 3.05) is 50.6 Å². The molecule has 1 aromatic carbocycles. The lowest BCUT2D eigenvalue weighted by atomic mass is 10.1. The molecule has 1 saturated heterocycles. The van der Waals surface area contributed by atoms with E-state index in [1.165, 1.54) is 16.5 Å². The summed E-state index contributed by atoms with van der Waals surface area (Å²) in [6, 6.07) is 8.25. The number of benzene rings is 1. The van der Waals surface area contributed by atoms with Crippen molar-refractivity contribution >= 4 is 51.4 Å². The number of nitrogens with one attached hydrogen (secondary N) is 1. The highest BCUT2D eigenvalue weighted by molar-refractivity contribution is 6.28. The molecule has 1 aliphatic rings. The molecule has 7 aromatic rings. The zero-order valence-corrected chi connectivity index (χ0v) is 34.0. The molecule has 0 unspecified atom stereocenters. The first-order valence-corrected chi connectivity index (χ1v) is 18.8. The van der Waals surface area contributed by atoms with Crippen molar-refractivity contribution in [3.63, 3.8) is 0 Å². The second-order valence-corrected chi connectivity index (χ2v) is 14.6. The molecule has 12 nitrogen and oxygen atoms in total. The summed E-state index contributed by atoms with van der Waals surface area (Å²) in [5.41, 5.74) is 6.47. The third kappa shape index (κ3) is 8.18. The average molecular weight is 826 g/mol. The summed E-state index contributed by atoms with van der Waals surface area (Å²) in [6.07, 6.45) is 5.19. The molecule has 304 valence electrons. The molecule has 0 aliphatic carbocycles. The maximum atomic E-state index is 15.0. The molecule has 8 rings (SSSR count). The molecule has 1 N–H and O–H groups in total. The molecular weight excluding hydrogens is 786 g/mol. The van der Waals surface area contributed by atoms with Crippen LogP contribution in [0, 0.1) is 37.1 Å². The van der Waals surface area contributed by atoms with Crippen molar-refractivity contribution in [1.29, 1.82) is 0 Å². The first-order valence-electron chi connectivity index (χ1n) is 18.4. The topological polar surface area (TPSA) is 114 Å². The molecule has 0 amide bonds. The molecule has 17 heteroatoms. The summed E-state index contributed by atoms with van der Waals surface area (Å²) in [5, 5.41) is 3.00. The molecule has 0 spiro atoms. The number of methoxy groups -OCH3 is 1. The van der Waals surface area contributed by atoms with E-state index in [4.69, 9.17) is 16.3 Å². The van der Waals surface area contributed by atoms with Crippen molar-refractivity contribution in [3.8, 4) is 28.3 Å². The highest BCUT2D eigenvalue weighted by Crippen LogP contribution is 2.34. The summed E-state index contributed by atoms with van der Waals surface area (Å²) < 4.78 is 66.8. The Balaban J connectivity index is 0.000000204. The maximum Gasteiger partial charge on any atom is 0.228 e. The Labute approximate surface area is 342 Å². The van der Waals surface area contributed by atoms with Crippen LogP contribution in [-0.2, 0) is 0 Å². The van der Waals surface area contributed by atoms with Gasteiger partial charge in [-0.15, -0.1) is 0 Å². The standard InChI is InChI=1S/C27H29F2N7O.C15H11ClF2N4/c1-16(2)25-17(3)31-26-20(28)12-18(15-36(25)26)24-21(29)14-30-27(33-24)32-22-7-6-19(13-23(22)37-5)35-10-8-34(4)9-11-35;1-7(2)13-8(3)20-14-10(17)4-9(6-22(13)14)12-11(18)5-19-15(16)21-12/h6-7,12-15H,1,8-11H2,2-5H3,(H,30,32,33);4-6H,1H2,2-3H3. The second kappa shape index (κ2) is 16.5. The highest BCUT2D eigenvalue weighted by Gasteiger charge is 2.21. The third-order valence-electron chi connectivity index (χ3n) is 9.81. The second-order valence-electron chi connectivity index (χ2n) is 14.2. The number of fused-ring (bicyclic) bond motifs is 2. The molecule has 0 radical (unpaired) electrons. The van der Waals surface area contributed by atoms with Crippen LogP contribution in [0.1, 0.15) is 36.6 Å². The third-order valence-corrected chi connectivity index (χ3v) is 10.00. The smallest absolute Gasteiger partial charge is 0.228 e. The number of halogens is 5. The molecule has 0 saturated carbocycles. The number of hydrogen-bond acceptors (Lipinski definition) is 10. The molecule has 59 heavy (non-hydrogen) atoms. The van der Waals surface area contributed by atoms with Crippen molar-refractivity contribution in [2.45, 2.75) is 27.7 Å². The Morgan fingerprint density at radius 2 is 1.25 bits per heavy atom.